The van der Waals surface area contributed by atoms with Crippen molar-refractivity contribution in [2.24, 2.45) is 0 Å². The van der Waals surface area contributed by atoms with Crippen molar-refractivity contribution in [3.8, 4) is 0 Å². The summed E-state index contributed by atoms with van der Waals surface area (Å²) in [5.41, 5.74) is 1.01. The van der Waals surface area contributed by atoms with Crippen LogP contribution in [0.1, 0.15) is 55.6 Å². The summed E-state index contributed by atoms with van der Waals surface area (Å²) in [6.45, 7) is 10.8. The third kappa shape index (κ3) is 7.00. The molecule has 2 N–H and O–H groups in total. The number of likely N-dealkylation sites (tertiary alicyclic amines) is 1. The lowest BCUT2D eigenvalue weighted by molar-refractivity contribution is -0.111. The Morgan fingerprint density at radius 2 is 2.03 bits per heavy atom. The third-order valence-electron chi connectivity index (χ3n) is 5.88. The molecule has 4 rings (SSSR count). The van der Waals surface area contributed by atoms with Gasteiger partial charge in [-0.3, -0.25) is 9.59 Å². The maximum absolute atomic E-state index is 13.0. The van der Waals surface area contributed by atoms with E-state index >= 15 is 0 Å². The van der Waals surface area contributed by atoms with Gasteiger partial charge in [0.1, 0.15) is 5.76 Å². The molecular formula is C26H31N5O4S2. The Balaban J connectivity index is 1.32. The molecule has 11 heteroatoms. The molecule has 1 unspecified atom stereocenters. The number of piperidine rings is 1. The Labute approximate surface area is 223 Å². The molecule has 0 spiro atoms. The van der Waals surface area contributed by atoms with Gasteiger partial charge in [0, 0.05) is 47.0 Å². The molecule has 0 bridgehead atoms. The Kier molecular flexibility index (Phi) is 8.35. The highest BCUT2D eigenvalue weighted by molar-refractivity contribution is 7.92. The van der Waals surface area contributed by atoms with E-state index in [9.17, 15) is 14.1 Å². The average molecular weight is 542 g/mol. The maximum atomic E-state index is 13.0. The molecule has 0 radical (unpaired) electrons. The van der Waals surface area contributed by atoms with Crippen LogP contribution in [0.3, 0.4) is 0 Å². The predicted octanol–water partition coefficient (Wildman–Crippen LogP) is 4.58. The van der Waals surface area contributed by atoms with Gasteiger partial charge in [0.15, 0.2) is 10.9 Å². The predicted molar refractivity (Wildman–Crippen MR) is 145 cm³/mol. The number of rotatable bonds is 8. The zero-order chi connectivity index (χ0) is 26.6. The van der Waals surface area contributed by atoms with Gasteiger partial charge in [-0.1, -0.05) is 27.4 Å². The molecule has 37 heavy (non-hydrogen) atoms. The Morgan fingerprint density at radius 3 is 2.70 bits per heavy atom. The van der Waals surface area contributed by atoms with Crippen LogP contribution in [0.2, 0.25) is 0 Å². The molecule has 2 atom stereocenters. The fraction of sp³-hybridized carbons (Fsp3) is 0.385. The van der Waals surface area contributed by atoms with E-state index in [1.165, 1.54) is 17.4 Å². The number of thiazole rings is 1. The topological polar surface area (TPSA) is 123 Å². The van der Waals surface area contributed by atoms with Crippen molar-refractivity contribution in [3.63, 3.8) is 0 Å². The van der Waals surface area contributed by atoms with E-state index in [1.54, 1.807) is 36.7 Å². The second kappa shape index (κ2) is 11.5. The fourth-order valence-corrected chi connectivity index (χ4v) is 5.95. The van der Waals surface area contributed by atoms with Crippen LogP contribution in [-0.4, -0.2) is 50.4 Å². The first-order chi connectivity index (χ1) is 17.6. The third-order valence-corrected chi connectivity index (χ3v) is 8.47. The first-order valence-corrected chi connectivity index (χ1v) is 14.1. The van der Waals surface area contributed by atoms with Gasteiger partial charge in [0.05, 0.1) is 12.4 Å². The number of nitrogens with one attached hydrogen (secondary N) is 2. The van der Waals surface area contributed by atoms with E-state index in [0.717, 1.165) is 18.6 Å². The summed E-state index contributed by atoms with van der Waals surface area (Å²) < 4.78 is 19.3. The van der Waals surface area contributed by atoms with Crippen molar-refractivity contribution in [3.05, 3.63) is 66.5 Å². The Hall–Kier alpha value is -3.15. The minimum Gasteiger partial charge on any atom is -0.610 e. The van der Waals surface area contributed by atoms with Crippen LogP contribution in [0.5, 0.6) is 0 Å². The van der Waals surface area contributed by atoms with Crippen molar-refractivity contribution in [1.29, 1.82) is 0 Å². The number of carbonyl (C=O) groups is 2. The zero-order valence-electron chi connectivity index (χ0n) is 21.2. The van der Waals surface area contributed by atoms with Crippen LogP contribution in [0, 0.1) is 0 Å². The number of oxazole rings is 1. The highest BCUT2D eigenvalue weighted by Gasteiger charge is 2.27. The molecule has 196 valence electrons. The van der Waals surface area contributed by atoms with Crippen molar-refractivity contribution < 1.29 is 18.6 Å². The van der Waals surface area contributed by atoms with Crippen LogP contribution in [0.15, 0.2) is 57.9 Å². The quantitative estimate of drug-likeness (QED) is 0.316. The number of hydrogen-bond donors (Lipinski definition) is 2. The highest BCUT2D eigenvalue weighted by atomic mass is 32.2. The molecule has 0 aliphatic carbocycles. The SMILES string of the molecule is C=CC(=O)Nc1ccc(C(=O)N2CCC[C@@H](Nc3ncc([S+]([O-])Cc4ncc(C(C)(C)C)o4)s3)C2)cc1. The summed E-state index contributed by atoms with van der Waals surface area (Å²) in [5.74, 6) is 1.04. The summed E-state index contributed by atoms with van der Waals surface area (Å²) in [4.78, 5) is 35.0. The molecule has 2 amide bonds. The van der Waals surface area contributed by atoms with E-state index in [1.807, 2.05) is 25.7 Å². The fourth-order valence-electron chi connectivity index (χ4n) is 3.86. The first kappa shape index (κ1) is 26.9. The average Bonchev–Trinajstić information content (AvgIpc) is 3.54. The van der Waals surface area contributed by atoms with Crippen LogP contribution >= 0.6 is 11.3 Å². The summed E-state index contributed by atoms with van der Waals surface area (Å²) >= 11 is 0.0279. The molecule has 1 fully saturated rings. The van der Waals surface area contributed by atoms with Gasteiger partial charge < -0.3 is 24.5 Å². The molecule has 1 saturated heterocycles. The van der Waals surface area contributed by atoms with Gasteiger partial charge in [0.2, 0.25) is 16.0 Å². The minimum absolute atomic E-state index is 0.0392. The first-order valence-electron chi connectivity index (χ1n) is 12.0. The molecule has 3 heterocycles. The van der Waals surface area contributed by atoms with Gasteiger partial charge in [-0.05, 0) is 54.5 Å². The van der Waals surface area contributed by atoms with E-state index < -0.39 is 11.2 Å². The van der Waals surface area contributed by atoms with Crippen LogP contribution in [0.4, 0.5) is 10.8 Å². The lowest BCUT2D eigenvalue weighted by Crippen LogP contribution is -2.45. The summed E-state index contributed by atoms with van der Waals surface area (Å²) in [6, 6.07) is 6.86. The van der Waals surface area contributed by atoms with Crippen molar-refractivity contribution >= 4 is 45.1 Å². The van der Waals surface area contributed by atoms with Gasteiger partial charge in [-0.2, -0.15) is 0 Å². The van der Waals surface area contributed by atoms with Gasteiger partial charge in [-0.15, -0.1) is 0 Å². The van der Waals surface area contributed by atoms with Gasteiger partial charge >= 0.3 is 0 Å². The van der Waals surface area contributed by atoms with Crippen molar-refractivity contribution in [1.82, 2.24) is 14.9 Å². The van der Waals surface area contributed by atoms with E-state index in [2.05, 4.69) is 27.2 Å². The molecule has 9 nitrogen and oxygen atoms in total. The van der Waals surface area contributed by atoms with Crippen molar-refractivity contribution in [2.45, 2.75) is 55.0 Å². The van der Waals surface area contributed by atoms with Gasteiger partial charge in [0.25, 0.3) is 5.91 Å². The van der Waals surface area contributed by atoms with Crippen LogP contribution < -0.4 is 10.6 Å². The minimum atomic E-state index is -1.32. The smallest absolute Gasteiger partial charge is 0.253 e. The van der Waals surface area contributed by atoms with E-state index in [0.29, 0.717) is 39.6 Å². The maximum Gasteiger partial charge on any atom is 0.253 e. The summed E-state index contributed by atoms with van der Waals surface area (Å²) in [6.07, 6.45) is 6.27. The largest absolute Gasteiger partial charge is 0.610 e. The number of hydrogen-bond acceptors (Lipinski definition) is 8. The summed E-state index contributed by atoms with van der Waals surface area (Å²) in [7, 11) is 0. The molecule has 3 aromatic rings. The molecule has 0 saturated carbocycles. The Bertz CT molecular complexity index is 1250. The number of aromatic nitrogens is 2. The van der Waals surface area contributed by atoms with E-state index in [4.69, 9.17) is 4.42 Å². The van der Waals surface area contributed by atoms with Gasteiger partial charge in [-0.25, -0.2) is 9.97 Å². The number of carbonyl (C=O) groups excluding carboxylic acids is 2. The molecule has 1 aliphatic rings. The molecular weight excluding hydrogens is 510 g/mol. The zero-order valence-corrected chi connectivity index (χ0v) is 22.8. The second-order valence-corrected chi connectivity index (χ2v) is 12.6. The second-order valence-electron chi connectivity index (χ2n) is 9.85. The lowest BCUT2D eigenvalue weighted by Gasteiger charge is -2.33. The lowest BCUT2D eigenvalue weighted by atomic mass is 9.94. The highest BCUT2D eigenvalue weighted by Crippen LogP contribution is 2.29. The Morgan fingerprint density at radius 1 is 1.27 bits per heavy atom. The van der Waals surface area contributed by atoms with Crippen LogP contribution in [0.25, 0.3) is 0 Å². The normalized spacial score (nSPS) is 16.8. The summed E-state index contributed by atoms with van der Waals surface area (Å²) in [5, 5.41) is 6.75. The number of anilines is 2. The molecule has 1 aliphatic heterocycles. The molecule has 2 aromatic heterocycles. The number of amides is 2. The molecule has 1 aromatic carbocycles. The monoisotopic (exact) mass is 541 g/mol. The van der Waals surface area contributed by atoms with Crippen LogP contribution in [-0.2, 0) is 27.1 Å². The van der Waals surface area contributed by atoms with Crippen molar-refractivity contribution in [2.75, 3.05) is 23.7 Å². The standard InChI is InChI=1S/C26H31N5O4S2/c1-5-21(32)29-18-10-8-17(9-11-18)24(33)31-12-6-7-19(15-31)30-25-28-14-23(36-25)37(34)16-22-27-13-20(35-22)26(2,3)4/h5,8-11,13-14,19H,1,6-7,12,15-16H2,2-4H3,(H,28,30)(H,29,32)/t19-,37?/m1/s1. The number of nitrogens with zero attached hydrogens (tertiary/aromatic N) is 3. The number of benzene rings is 1. The van der Waals surface area contributed by atoms with E-state index in [-0.39, 0.29) is 29.0 Å².